The number of fused-ring (bicyclic) bond motifs is 1. The van der Waals surface area contributed by atoms with Crippen LogP contribution in [-0.2, 0) is 4.79 Å². The van der Waals surface area contributed by atoms with Crippen LogP contribution < -0.4 is 44.7 Å². The third-order valence-corrected chi connectivity index (χ3v) is 3.24. The van der Waals surface area contributed by atoms with Crippen molar-refractivity contribution in [3.63, 3.8) is 0 Å². The Balaban J connectivity index is 0.00000264. The van der Waals surface area contributed by atoms with Gasteiger partial charge < -0.3 is 14.6 Å². The molecule has 1 aliphatic rings. The summed E-state index contributed by atoms with van der Waals surface area (Å²) in [6, 6.07) is 5.92. The Morgan fingerprint density at radius 1 is 1.35 bits per heavy atom. The van der Waals surface area contributed by atoms with E-state index < -0.39 is 23.4 Å². The Morgan fingerprint density at radius 3 is 2.48 bits per heavy atom. The van der Waals surface area contributed by atoms with Crippen LogP contribution in [0.5, 0.6) is 5.75 Å². The number of aliphatic carboxylic acids is 1. The van der Waals surface area contributed by atoms with Crippen molar-refractivity contribution < 1.29 is 57.4 Å². The number of hydrogen-bond donors (Lipinski definition) is 1. The standard InChI is InChI=1S/C15H16F3NO3.Na/c1-9(2)8-19-14(15(16,17)18)11(13(20)21)7-10-5-3-4-6-12(10)22-14;/h3-7,9,19H,8H2,1-2H3,(H,20,21);/q;+1/p-1. The molecule has 0 saturated heterocycles. The van der Waals surface area contributed by atoms with Crippen molar-refractivity contribution in [3.8, 4) is 5.75 Å². The van der Waals surface area contributed by atoms with Crippen LogP contribution >= 0.6 is 0 Å². The number of halogens is 3. The molecule has 0 bridgehead atoms. The summed E-state index contributed by atoms with van der Waals surface area (Å²) >= 11 is 0. The van der Waals surface area contributed by atoms with Gasteiger partial charge in [-0.1, -0.05) is 32.0 Å². The fraction of sp³-hybridized carbons (Fsp3) is 0.400. The number of para-hydroxylation sites is 1. The molecule has 0 amide bonds. The first-order chi connectivity index (χ1) is 10.2. The number of carbonyl (C=O) groups is 1. The van der Waals surface area contributed by atoms with Crippen molar-refractivity contribution in [2.45, 2.75) is 25.7 Å². The van der Waals surface area contributed by atoms with E-state index in [1.54, 1.807) is 19.9 Å². The van der Waals surface area contributed by atoms with Gasteiger partial charge in [0.15, 0.2) is 0 Å². The van der Waals surface area contributed by atoms with Gasteiger partial charge in [0.05, 0.1) is 5.97 Å². The average Bonchev–Trinajstić information content (AvgIpc) is 2.42. The second-order valence-corrected chi connectivity index (χ2v) is 5.44. The van der Waals surface area contributed by atoms with E-state index in [2.05, 4.69) is 5.32 Å². The molecule has 0 aromatic heterocycles. The molecule has 23 heavy (non-hydrogen) atoms. The van der Waals surface area contributed by atoms with E-state index in [1.807, 2.05) is 0 Å². The zero-order valence-electron chi connectivity index (χ0n) is 13.0. The minimum Gasteiger partial charge on any atom is -0.545 e. The largest absolute Gasteiger partial charge is 1.00 e. The SMILES string of the molecule is CC(C)CNC1(C(F)(F)F)Oc2ccccc2C=C1C(=O)[O-].[Na+]. The third kappa shape index (κ3) is 3.91. The fourth-order valence-electron chi connectivity index (χ4n) is 2.16. The molecule has 2 rings (SSSR count). The van der Waals surface area contributed by atoms with Crippen molar-refractivity contribution in [1.82, 2.24) is 5.32 Å². The van der Waals surface area contributed by atoms with Crippen molar-refractivity contribution in [3.05, 3.63) is 35.4 Å². The van der Waals surface area contributed by atoms with Gasteiger partial charge in [-0.2, -0.15) is 13.2 Å². The van der Waals surface area contributed by atoms with Crippen molar-refractivity contribution >= 4 is 12.0 Å². The van der Waals surface area contributed by atoms with Gasteiger partial charge in [0.25, 0.3) is 5.72 Å². The van der Waals surface area contributed by atoms with Crippen LogP contribution in [-0.4, -0.2) is 24.4 Å². The van der Waals surface area contributed by atoms with Crippen molar-refractivity contribution in [1.29, 1.82) is 0 Å². The molecule has 1 unspecified atom stereocenters. The number of alkyl halides is 3. The van der Waals surface area contributed by atoms with Gasteiger partial charge in [-0.3, -0.25) is 5.32 Å². The van der Waals surface area contributed by atoms with Crippen LogP contribution in [0.25, 0.3) is 6.08 Å². The van der Waals surface area contributed by atoms with Gasteiger partial charge in [-0.25, -0.2) is 0 Å². The first-order valence-electron chi connectivity index (χ1n) is 6.70. The molecule has 1 atom stereocenters. The van der Waals surface area contributed by atoms with E-state index in [0.717, 1.165) is 6.08 Å². The molecule has 4 nitrogen and oxygen atoms in total. The Morgan fingerprint density at radius 2 is 1.96 bits per heavy atom. The first-order valence-corrected chi connectivity index (χ1v) is 6.70. The van der Waals surface area contributed by atoms with E-state index in [-0.39, 0.29) is 53.3 Å². The molecule has 0 saturated carbocycles. The van der Waals surface area contributed by atoms with Gasteiger partial charge in [0.1, 0.15) is 5.75 Å². The summed E-state index contributed by atoms with van der Waals surface area (Å²) in [5.74, 6) is -2.10. The zero-order chi connectivity index (χ0) is 16.5. The van der Waals surface area contributed by atoms with Crippen molar-refractivity contribution in [2.24, 2.45) is 5.92 Å². The van der Waals surface area contributed by atoms with Crippen LogP contribution in [0.3, 0.4) is 0 Å². The molecule has 8 heteroatoms. The van der Waals surface area contributed by atoms with Gasteiger partial charge >= 0.3 is 35.7 Å². The molecule has 0 aliphatic carbocycles. The second-order valence-electron chi connectivity index (χ2n) is 5.44. The smallest absolute Gasteiger partial charge is 0.545 e. The van der Waals surface area contributed by atoms with Crippen LogP contribution in [0, 0.1) is 5.92 Å². The van der Waals surface area contributed by atoms with E-state index in [9.17, 15) is 23.1 Å². The van der Waals surface area contributed by atoms with E-state index in [0.29, 0.717) is 0 Å². The summed E-state index contributed by atoms with van der Waals surface area (Å²) in [7, 11) is 0. The number of benzene rings is 1. The molecule has 0 radical (unpaired) electrons. The predicted molar refractivity (Wildman–Crippen MR) is 71.7 cm³/mol. The van der Waals surface area contributed by atoms with E-state index in [4.69, 9.17) is 4.74 Å². The number of ether oxygens (including phenoxy) is 1. The fourth-order valence-corrected chi connectivity index (χ4v) is 2.16. The van der Waals surface area contributed by atoms with Crippen LogP contribution in [0.1, 0.15) is 19.4 Å². The van der Waals surface area contributed by atoms with Gasteiger partial charge in [-0.15, -0.1) is 0 Å². The Labute approximate surface area is 154 Å². The topological polar surface area (TPSA) is 61.4 Å². The maximum absolute atomic E-state index is 13.6. The molecule has 1 aromatic carbocycles. The zero-order valence-corrected chi connectivity index (χ0v) is 15.0. The number of rotatable bonds is 4. The van der Waals surface area contributed by atoms with E-state index in [1.165, 1.54) is 18.2 Å². The summed E-state index contributed by atoms with van der Waals surface area (Å²) in [5, 5.41) is 13.5. The molecule has 1 heterocycles. The molecule has 1 aromatic rings. The summed E-state index contributed by atoms with van der Waals surface area (Å²) in [5.41, 5.74) is -3.85. The Bertz CT molecular complexity index is 616. The molecular weight excluding hydrogens is 322 g/mol. The maximum Gasteiger partial charge on any atom is 1.00 e. The summed E-state index contributed by atoms with van der Waals surface area (Å²) in [6.07, 6.45) is -4.03. The predicted octanol–water partition coefficient (Wildman–Crippen LogP) is -1.28. The third-order valence-electron chi connectivity index (χ3n) is 3.24. The summed E-state index contributed by atoms with van der Waals surface area (Å²) in [6.45, 7) is 3.33. The second kappa shape index (κ2) is 7.25. The summed E-state index contributed by atoms with van der Waals surface area (Å²) in [4.78, 5) is 11.3. The molecule has 0 spiro atoms. The Hall–Kier alpha value is -1.02. The Kier molecular flexibility index (Phi) is 6.32. The van der Waals surface area contributed by atoms with Crippen LogP contribution in [0.2, 0.25) is 0 Å². The van der Waals surface area contributed by atoms with Gasteiger partial charge in [0.2, 0.25) is 0 Å². The normalized spacial score (nSPS) is 20.2. The number of carboxylic acid groups (broad SMARTS) is 1. The number of carbonyl (C=O) groups excluding carboxylic acids is 1. The minimum atomic E-state index is -4.97. The quantitative estimate of drug-likeness (QED) is 0.696. The molecule has 120 valence electrons. The summed E-state index contributed by atoms with van der Waals surface area (Å²) < 4.78 is 46.0. The van der Waals surface area contributed by atoms with Crippen LogP contribution in [0.15, 0.2) is 29.8 Å². The molecule has 1 N–H and O–H groups in total. The van der Waals surface area contributed by atoms with Crippen LogP contribution in [0.4, 0.5) is 13.2 Å². The molecular formula is C15H15F3NNaO3. The number of hydrogen-bond acceptors (Lipinski definition) is 4. The average molecular weight is 337 g/mol. The number of nitrogens with one attached hydrogen (secondary N) is 1. The monoisotopic (exact) mass is 337 g/mol. The minimum absolute atomic E-state index is 0. The molecule has 1 aliphatic heterocycles. The van der Waals surface area contributed by atoms with Crippen molar-refractivity contribution in [2.75, 3.05) is 6.54 Å². The van der Waals surface area contributed by atoms with E-state index >= 15 is 0 Å². The van der Waals surface area contributed by atoms with Gasteiger partial charge in [-0.05, 0) is 18.1 Å². The maximum atomic E-state index is 13.6. The first kappa shape index (κ1) is 20.0. The molecule has 0 fully saturated rings. The number of carboxylic acids is 1. The van der Waals surface area contributed by atoms with Gasteiger partial charge in [0, 0.05) is 17.7 Å².